The average Bonchev–Trinajstić information content (AvgIpc) is 1.57. The van der Waals surface area contributed by atoms with Crippen molar-refractivity contribution in [1.82, 2.24) is 30.7 Å². The number of carboxylic acids is 1. The summed E-state index contributed by atoms with van der Waals surface area (Å²) in [5.74, 6) is 1.07. The van der Waals surface area contributed by atoms with Crippen molar-refractivity contribution in [2.75, 3.05) is 30.9 Å². The molecule has 20 heteroatoms. The highest BCUT2D eigenvalue weighted by atomic mass is 16.5. The van der Waals surface area contributed by atoms with Gasteiger partial charge in [-0.25, -0.2) is 9.59 Å². The number of benzene rings is 4. The maximum Gasteiger partial charge on any atom is 0.331 e. The van der Waals surface area contributed by atoms with Crippen molar-refractivity contribution >= 4 is 75.6 Å². The molecule has 0 bridgehead atoms. The van der Waals surface area contributed by atoms with Gasteiger partial charge in [-0.2, -0.15) is 0 Å². The fourth-order valence-corrected chi connectivity index (χ4v) is 11.3. The highest BCUT2D eigenvalue weighted by molar-refractivity contribution is 6.00. The molecular weight excluding hydrogens is 1140 g/mol. The first kappa shape index (κ1) is 70.0. The Bertz CT molecular complexity index is 3570. The van der Waals surface area contributed by atoms with Crippen LogP contribution >= 0.6 is 0 Å². The van der Waals surface area contributed by atoms with Crippen LogP contribution in [0.5, 0.6) is 0 Å². The molecule has 6 rings (SSSR count). The topological polar surface area (TPSA) is 281 Å². The molecule has 0 aliphatic carbocycles. The van der Waals surface area contributed by atoms with Crippen molar-refractivity contribution in [3.63, 3.8) is 0 Å². The summed E-state index contributed by atoms with van der Waals surface area (Å²) in [6.07, 6.45) is 3.43. The molecule has 480 valence electrons. The third-order valence-corrected chi connectivity index (χ3v) is 16.5. The fourth-order valence-electron chi connectivity index (χ4n) is 11.3. The number of esters is 1. The number of anilines is 2. The predicted molar refractivity (Wildman–Crippen MR) is 348 cm³/mol. The predicted octanol–water partition coefficient (Wildman–Crippen LogP) is 8.20. The molecule has 5 atom stereocenters. The van der Waals surface area contributed by atoms with Gasteiger partial charge in [0.25, 0.3) is 0 Å². The second-order valence-electron chi connectivity index (χ2n) is 25.6. The van der Waals surface area contributed by atoms with E-state index < -0.39 is 76.6 Å². The van der Waals surface area contributed by atoms with E-state index >= 15 is 0 Å². The van der Waals surface area contributed by atoms with Gasteiger partial charge in [0.1, 0.15) is 12.6 Å². The summed E-state index contributed by atoms with van der Waals surface area (Å²) in [4.78, 5) is 124. The van der Waals surface area contributed by atoms with Crippen molar-refractivity contribution in [1.29, 1.82) is 0 Å². The van der Waals surface area contributed by atoms with Gasteiger partial charge in [-0.05, 0) is 109 Å². The van der Waals surface area contributed by atoms with E-state index in [0.29, 0.717) is 34.5 Å². The SMILES string of the molecule is CN[C@H](C(=O)N[C@H](C(=O)N(C)[C@H](/C=C(\C)C(=O)O)C(C)C)C(C)(C)C)C(C)(C)c1cn(C)c2ccc(CC(=O)OCc3ccc(NC(=O)[C@H](CCCNC(N)=O)CC(=O)[C@@H](NC(=O)CCC(=O)N4Cc5ccccc5C#Cc5ccccc54)C(C)C)cc3)cc12. The van der Waals surface area contributed by atoms with Gasteiger partial charge in [-0.3, -0.25) is 33.6 Å². The lowest BCUT2D eigenvalue weighted by Gasteiger charge is -2.39. The van der Waals surface area contributed by atoms with E-state index in [0.717, 1.165) is 27.6 Å². The van der Waals surface area contributed by atoms with E-state index in [1.807, 2.05) is 133 Å². The standard InChI is InChI=1S/C70H89N9O11/c1-42(2)56(35-44(5)67(87)88)78(13)66(86)63(69(6,7)8)76-65(85)62(72-11)70(9,10)53-40-77(12)55-31-26-46(36-52(53)55)37-60(83)90-41-45-24-29-51(30-25-45)74-64(84)49(22-18-34-73-68(71)89)38-57(80)61(43(3)4)75-58(81)32-33-59(82)79-39-50-21-15-14-19-47(50)27-28-48-20-16-17-23-54(48)79/h14-17,19-21,23-26,29-31,35-36,40,42-43,49,56,61-63,72H,18,22,32-34,37-39,41H2,1-13H3,(H,74,84)(H,75,81)(H,76,85)(H,87,88)(H3,71,73,89)/b44-35+/t49-,56-,61+,62-,63-/m1/s1. The number of nitrogens with two attached hydrogens (primary N) is 1. The van der Waals surface area contributed by atoms with E-state index in [4.69, 9.17) is 10.5 Å². The lowest BCUT2D eigenvalue weighted by atomic mass is 9.76. The van der Waals surface area contributed by atoms with Crippen LogP contribution in [0.25, 0.3) is 10.9 Å². The van der Waals surface area contributed by atoms with Crippen molar-refractivity contribution in [2.24, 2.45) is 36.0 Å². The number of nitrogens with one attached hydrogen (secondary N) is 5. The molecule has 0 spiro atoms. The molecule has 90 heavy (non-hydrogen) atoms. The van der Waals surface area contributed by atoms with Crippen molar-refractivity contribution < 1.29 is 53.0 Å². The zero-order chi connectivity index (χ0) is 66.4. The first-order valence-corrected chi connectivity index (χ1v) is 30.6. The summed E-state index contributed by atoms with van der Waals surface area (Å²) in [6.45, 7) is 18.7. The van der Waals surface area contributed by atoms with Gasteiger partial charge in [-0.15, -0.1) is 0 Å². The van der Waals surface area contributed by atoms with E-state index in [1.54, 1.807) is 63.2 Å². The lowest BCUT2D eigenvalue weighted by molar-refractivity contribution is -0.144. The number of hydrogen-bond acceptors (Lipinski definition) is 11. The van der Waals surface area contributed by atoms with Crippen LogP contribution in [-0.2, 0) is 75.1 Å². The number of carbonyl (C=O) groups is 9. The fraction of sp³-hybridized carbons (Fsp3) is 0.443. The summed E-state index contributed by atoms with van der Waals surface area (Å²) in [5, 5.41) is 24.9. The molecule has 1 aromatic heterocycles. The molecule has 20 nitrogen and oxygen atoms in total. The second-order valence-corrected chi connectivity index (χ2v) is 25.6. The van der Waals surface area contributed by atoms with Crippen LogP contribution in [0.1, 0.15) is 135 Å². The molecule has 1 aliphatic rings. The van der Waals surface area contributed by atoms with E-state index in [2.05, 4.69) is 38.4 Å². The molecule has 4 aromatic carbocycles. The van der Waals surface area contributed by atoms with Crippen molar-refractivity contribution in [2.45, 2.75) is 150 Å². The molecular formula is C70H89N9O11. The maximum absolute atomic E-state index is 14.5. The summed E-state index contributed by atoms with van der Waals surface area (Å²) in [7, 11) is 5.21. The van der Waals surface area contributed by atoms with Gasteiger partial charge in [-0.1, -0.05) is 129 Å². The Morgan fingerprint density at radius 1 is 0.800 bits per heavy atom. The van der Waals surface area contributed by atoms with Crippen LogP contribution in [0.2, 0.25) is 0 Å². The van der Waals surface area contributed by atoms with Crippen molar-refractivity contribution in [3.05, 3.63) is 142 Å². The van der Waals surface area contributed by atoms with Crippen LogP contribution < -0.4 is 37.2 Å². The quantitative estimate of drug-likeness (QED) is 0.0108. The van der Waals surface area contributed by atoms with E-state index in [1.165, 1.54) is 11.8 Å². The lowest BCUT2D eigenvalue weighted by Crippen LogP contribution is -2.61. The number of carboxylic acid groups (broad SMARTS) is 1. The number of aromatic nitrogens is 1. The molecule has 7 amide bonds. The summed E-state index contributed by atoms with van der Waals surface area (Å²) in [5.41, 5.74) is 10.2. The average molecular weight is 1230 g/mol. The Hall–Kier alpha value is -9.09. The van der Waals surface area contributed by atoms with Crippen LogP contribution in [0.4, 0.5) is 16.2 Å². The third kappa shape index (κ3) is 18.3. The smallest absolute Gasteiger partial charge is 0.331 e. The van der Waals surface area contributed by atoms with Crippen LogP contribution in [0, 0.1) is 35.0 Å². The highest BCUT2D eigenvalue weighted by Crippen LogP contribution is 2.36. The number of rotatable bonds is 28. The van der Waals surface area contributed by atoms with Gasteiger partial charge < -0.3 is 56.5 Å². The van der Waals surface area contributed by atoms with Gasteiger partial charge in [0.2, 0.25) is 29.5 Å². The maximum atomic E-state index is 14.5. The first-order valence-electron chi connectivity index (χ1n) is 30.6. The Morgan fingerprint density at radius 2 is 1.44 bits per heavy atom. The number of hydrogen-bond donors (Lipinski definition) is 7. The molecule has 0 radical (unpaired) electrons. The van der Waals surface area contributed by atoms with Gasteiger partial charge in [0, 0.05) is 90.7 Å². The number of ether oxygens (including phenoxy) is 1. The number of fused-ring (bicyclic) bond motifs is 3. The largest absolute Gasteiger partial charge is 0.478 e. The number of carbonyl (C=O) groups excluding carboxylic acids is 8. The minimum Gasteiger partial charge on any atom is -0.478 e. The normalized spacial score (nSPS) is 14.0. The van der Waals surface area contributed by atoms with Crippen LogP contribution in [0.15, 0.2) is 109 Å². The summed E-state index contributed by atoms with van der Waals surface area (Å²) in [6, 6.07) is 23.3. The summed E-state index contributed by atoms with van der Waals surface area (Å²) < 4.78 is 7.69. The molecule has 2 heterocycles. The molecule has 0 saturated heterocycles. The van der Waals surface area contributed by atoms with Gasteiger partial charge in [0.15, 0.2) is 5.78 Å². The number of aryl methyl sites for hydroxylation is 1. The zero-order valence-corrected chi connectivity index (χ0v) is 54.2. The number of amides is 7. The Balaban J connectivity index is 1.07. The number of aliphatic carboxylic acids is 1. The number of nitrogens with zero attached hydrogens (tertiary/aromatic N) is 3. The molecule has 1 aliphatic heterocycles. The Labute approximate surface area is 528 Å². The van der Waals surface area contributed by atoms with E-state index in [-0.39, 0.29) is 86.8 Å². The number of ketones is 1. The molecule has 0 unspecified atom stereocenters. The molecule has 0 saturated carbocycles. The highest BCUT2D eigenvalue weighted by Gasteiger charge is 2.43. The Kier molecular flexibility index (Phi) is 24.0. The third-order valence-electron chi connectivity index (χ3n) is 16.5. The van der Waals surface area contributed by atoms with Gasteiger partial charge >= 0.3 is 18.0 Å². The molecule has 5 aromatic rings. The number of likely N-dealkylation sites (N-methyl/N-ethyl adjacent to an activating group) is 2. The Morgan fingerprint density at radius 3 is 2.08 bits per heavy atom. The minimum absolute atomic E-state index is 0.0628. The number of primary amides is 1. The number of para-hydroxylation sites is 1. The second kappa shape index (κ2) is 30.9. The number of urea groups is 1. The minimum atomic E-state index is -1.08. The van der Waals surface area contributed by atoms with Crippen molar-refractivity contribution in [3.8, 4) is 11.8 Å². The number of Topliss-reactive ketones (excluding diaryl/α,β-unsaturated/α-hetero) is 1. The van der Waals surface area contributed by atoms with Crippen LogP contribution in [0.3, 0.4) is 0 Å². The molecule has 8 N–H and O–H groups in total. The summed E-state index contributed by atoms with van der Waals surface area (Å²) >= 11 is 0. The monoisotopic (exact) mass is 1230 g/mol. The van der Waals surface area contributed by atoms with E-state index in [9.17, 15) is 48.3 Å². The first-order chi connectivity index (χ1) is 42.4. The zero-order valence-electron chi connectivity index (χ0n) is 54.2. The van der Waals surface area contributed by atoms with Gasteiger partial charge in [0.05, 0.1) is 36.8 Å². The van der Waals surface area contributed by atoms with Crippen LogP contribution in [-0.4, -0.2) is 113 Å². The molecule has 0 fully saturated rings.